The molecule has 1 saturated carbocycles. The van der Waals surface area contributed by atoms with Crippen LogP contribution in [0.4, 0.5) is 5.13 Å². The van der Waals surface area contributed by atoms with Crippen LogP contribution in [0.15, 0.2) is 21.8 Å². The van der Waals surface area contributed by atoms with Gasteiger partial charge in [0.2, 0.25) is 0 Å². The third-order valence-electron chi connectivity index (χ3n) is 5.13. The van der Waals surface area contributed by atoms with Gasteiger partial charge in [0.05, 0.1) is 0 Å². The van der Waals surface area contributed by atoms with E-state index in [9.17, 15) is 24.3 Å². The van der Waals surface area contributed by atoms with Crippen LogP contribution in [0.5, 0.6) is 0 Å². The Labute approximate surface area is 224 Å². The van der Waals surface area contributed by atoms with Gasteiger partial charge in [0, 0.05) is 23.6 Å². The molecule has 0 unspecified atom stereocenters. The number of nitrogens with two attached hydrogens (primary N) is 1. The number of anilines is 1. The molecule has 1 aromatic rings. The van der Waals surface area contributed by atoms with Crippen LogP contribution in [-0.4, -0.2) is 104 Å². The Kier molecular flexibility index (Phi) is 8.62. The summed E-state index contributed by atoms with van der Waals surface area (Å²) in [5, 5.41) is 17.4. The first-order valence-corrected chi connectivity index (χ1v) is 11.9. The minimum absolute atomic E-state index is 0. The Morgan fingerprint density at radius 1 is 1.38 bits per heavy atom. The summed E-state index contributed by atoms with van der Waals surface area (Å²) < 4.78 is 4.91. The van der Waals surface area contributed by atoms with Crippen LogP contribution in [0.25, 0.3) is 0 Å². The Morgan fingerprint density at radius 3 is 2.71 bits per heavy atom. The van der Waals surface area contributed by atoms with E-state index in [1.807, 2.05) is 0 Å². The number of thiazole rings is 1. The molecule has 1 saturated heterocycles. The van der Waals surface area contributed by atoms with Crippen molar-refractivity contribution in [2.45, 2.75) is 31.2 Å². The fourth-order valence-corrected chi connectivity index (χ4v) is 5.16. The molecule has 1 aromatic heterocycles. The number of β-lactam (4-membered cyclic amide) rings is 1. The fraction of sp³-hybridized carbons (Fsp3) is 0.474. The van der Waals surface area contributed by atoms with Crippen LogP contribution in [0.1, 0.15) is 25.5 Å². The molecule has 2 amide bonds. The maximum atomic E-state index is 13.0. The van der Waals surface area contributed by atoms with Crippen molar-refractivity contribution in [2.75, 3.05) is 24.7 Å². The predicted molar refractivity (Wildman–Crippen MR) is 125 cm³/mol. The van der Waals surface area contributed by atoms with Gasteiger partial charge in [-0.05, 0) is 18.8 Å². The molecule has 0 radical (unpaired) electrons. The molecule has 2 atom stereocenters. The molecule has 34 heavy (non-hydrogen) atoms. The van der Waals surface area contributed by atoms with Gasteiger partial charge in [0.25, 0.3) is 11.8 Å². The van der Waals surface area contributed by atoms with E-state index in [4.69, 9.17) is 15.3 Å². The standard InChI is InChI=1S/C19H21N5O7S2.Na.H/c1-8(25)30-5-10-6-32-17-13(16(27)24(17)14(10)18(28)29)22-15(26)12(11-7-33-19(20)21-11)23-31-4-9-2-3-9;;/h7,9,13,17H,2-6H2,1H3,(H2,20,21)(H,22,26)(H,28,29);;/b23-12-;;/t13-,17-;;/m1../s1. The van der Waals surface area contributed by atoms with Gasteiger partial charge in [-0.3, -0.25) is 19.3 Å². The van der Waals surface area contributed by atoms with E-state index in [-0.39, 0.29) is 64.2 Å². The number of ether oxygens (including phenoxy) is 1. The van der Waals surface area contributed by atoms with Crippen LogP contribution < -0.4 is 11.1 Å². The average Bonchev–Trinajstić information content (AvgIpc) is 3.50. The Morgan fingerprint density at radius 2 is 2.12 bits per heavy atom. The second kappa shape index (κ2) is 11.1. The molecule has 0 spiro atoms. The number of carbonyl (C=O) groups is 4. The normalized spacial score (nSPS) is 21.7. The van der Waals surface area contributed by atoms with Crippen molar-refractivity contribution in [3.05, 3.63) is 22.3 Å². The number of oxime groups is 1. The molecule has 12 nitrogen and oxygen atoms in total. The molecule has 3 aliphatic rings. The summed E-state index contributed by atoms with van der Waals surface area (Å²) >= 11 is 2.40. The molecule has 4 N–H and O–H groups in total. The number of nitrogens with one attached hydrogen (secondary N) is 1. The monoisotopic (exact) mass is 519 g/mol. The number of aromatic nitrogens is 1. The summed E-state index contributed by atoms with van der Waals surface area (Å²) in [6.45, 7) is 1.37. The number of nitrogen functional groups attached to an aromatic ring is 1. The van der Waals surface area contributed by atoms with Crippen LogP contribution in [-0.2, 0) is 28.8 Å². The van der Waals surface area contributed by atoms with E-state index >= 15 is 0 Å². The third-order valence-corrected chi connectivity index (χ3v) is 7.14. The van der Waals surface area contributed by atoms with Gasteiger partial charge in [0.15, 0.2) is 10.8 Å². The van der Waals surface area contributed by atoms with Crippen LogP contribution in [0.3, 0.4) is 0 Å². The topological polar surface area (TPSA) is 174 Å². The van der Waals surface area contributed by atoms with Crippen molar-refractivity contribution in [1.29, 1.82) is 0 Å². The molecule has 0 aromatic carbocycles. The first-order chi connectivity index (χ1) is 15.8. The van der Waals surface area contributed by atoms with Gasteiger partial charge in [-0.15, -0.1) is 23.1 Å². The van der Waals surface area contributed by atoms with E-state index in [0.717, 1.165) is 29.1 Å². The second-order valence-corrected chi connectivity index (χ2v) is 9.64. The zero-order valence-electron chi connectivity index (χ0n) is 17.5. The summed E-state index contributed by atoms with van der Waals surface area (Å²) in [6.07, 6.45) is 2.09. The Hall–Kier alpha value is -2.13. The zero-order chi connectivity index (χ0) is 23.7. The van der Waals surface area contributed by atoms with Gasteiger partial charge in [-0.1, -0.05) is 5.16 Å². The van der Waals surface area contributed by atoms with Crippen molar-refractivity contribution < 1.29 is 33.9 Å². The van der Waals surface area contributed by atoms with E-state index in [0.29, 0.717) is 18.1 Å². The number of hydrogen-bond acceptors (Lipinski definition) is 11. The summed E-state index contributed by atoms with van der Waals surface area (Å²) in [4.78, 5) is 59.1. The molecular weight excluding hydrogens is 497 g/mol. The van der Waals surface area contributed by atoms with Crippen molar-refractivity contribution in [1.82, 2.24) is 15.2 Å². The molecule has 178 valence electrons. The van der Waals surface area contributed by atoms with E-state index in [1.54, 1.807) is 5.38 Å². The minimum atomic E-state index is -1.31. The van der Waals surface area contributed by atoms with Crippen molar-refractivity contribution in [3.63, 3.8) is 0 Å². The molecule has 1 aliphatic carbocycles. The molecule has 3 heterocycles. The second-order valence-electron chi connectivity index (χ2n) is 7.65. The van der Waals surface area contributed by atoms with Gasteiger partial charge < -0.3 is 25.7 Å². The number of esters is 1. The van der Waals surface area contributed by atoms with Crippen molar-refractivity contribution in [3.8, 4) is 0 Å². The molecule has 2 fully saturated rings. The molecule has 0 bridgehead atoms. The Balaban J connectivity index is 0.00000324. The van der Waals surface area contributed by atoms with Gasteiger partial charge in [0.1, 0.15) is 36.0 Å². The van der Waals surface area contributed by atoms with Crippen molar-refractivity contribution >= 4 is 87.3 Å². The predicted octanol–water partition coefficient (Wildman–Crippen LogP) is -0.491. The number of carbonyl (C=O) groups excluding carboxylic acids is 3. The SMILES string of the molecule is CC(=O)OCC1=C(C(=O)O)N2C(=O)[C@@H](NC(=O)/C(=N\OCC3CC3)c3csc(N)n3)[C@H]2SC1.[NaH]. The quantitative estimate of drug-likeness (QED) is 0.127. The molecule has 2 aliphatic heterocycles. The first-order valence-electron chi connectivity index (χ1n) is 10.0. The summed E-state index contributed by atoms with van der Waals surface area (Å²) in [6, 6.07) is -0.961. The van der Waals surface area contributed by atoms with E-state index in [1.165, 1.54) is 18.7 Å². The van der Waals surface area contributed by atoms with Crippen molar-refractivity contribution in [2.24, 2.45) is 11.1 Å². The average molecular weight is 520 g/mol. The number of amides is 2. The molecular formula is C19H22N5NaO7S2. The van der Waals surface area contributed by atoms with Crippen LogP contribution >= 0.6 is 23.1 Å². The third kappa shape index (κ3) is 5.74. The van der Waals surface area contributed by atoms with E-state index < -0.39 is 35.2 Å². The van der Waals surface area contributed by atoms with Crippen LogP contribution in [0.2, 0.25) is 0 Å². The van der Waals surface area contributed by atoms with Crippen LogP contribution in [0, 0.1) is 5.92 Å². The number of carboxylic acids is 1. The molecule has 4 rings (SSSR count). The number of nitrogens with zero attached hydrogens (tertiary/aromatic N) is 3. The number of fused-ring (bicyclic) bond motifs is 1. The summed E-state index contributed by atoms with van der Waals surface area (Å²) in [5.74, 6) is -2.49. The Bertz CT molecular complexity index is 1070. The number of thioether (sulfide) groups is 1. The van der Waals surface area contributed by atoms with E-state index in [2.05, 4.69) is 15.5 Å². The first kappa shape index (κ1) is 26.5. The zero-order valence-corrected chi connectivity index (χ0v) is 19.1. The number of carboxylic acid groups (broad SMARTS) is 1. The molecule has 15 heteroatoms. The summed E-state index contributed by atoms with van der Waals surface area (Å²) in [7, 11) is 0. The fourth-order valence-electron chi connectivity index (χ4n) is 3.29. The van der Waals surface area contributed by atoms with Gasteiger partial charge in [-0.25, -0.2) is 9.78 Å². The van der Waals surface area contributed by atoms with Gasteiger partial charge in [-0.2, -0.15) is 0 Å². The maximum absolute atomic E-state index is 13.0. The summed E-state index contributed by atoms with van der Waals surface area (Å²) in [5.41, 5.74) is 5.87. The number of rotatable bonds is 9. The van der Waals surface area contributed by atoms with Gasteiger partial charge >= 0.3 is 41.5 Å². The number of aliphatic carboxylic acids is 1. The number of hydrogen-bond donors (Lipinski definition) is 3.